The zero-order valence-corrected chi connectivity index (χ0v) is 9.84. The van der Waals surface area contributed by atoms with Crippen LogP contribution in [0.25, 0.3) is 0 Å². The predicted octanol–water partition coefficient (Wildman–Crippen LogP) is 1.59. The van der Waals surface area contributed by atoms with Crippen LogP contribution in [-0.2, 0) is 4.79 Å². The van der Waals surface area contributed by atoms with Crippen LogP contribution >= 0.6 is 11.8 Å². The van der Waals surface area contributed by atoms with Gasteiger partial charge in [-0.1, -0.05) is 11.8 Å². The molecule has 1 atom stereocenters. The van der Waals surface area contributed by atoms with Crippen molar-refractivity contribution >= 4 is 23.6 Å². The molecule has 0 saturated carbocycles. The van der Waals surface area contributed by atoms with Gasteiger partial charge in [-0.25, -0.2) is 0 Å². The molecular formula is C10H13NO4S. The summed E-state index contributed by atoms with van der Waals surface area (Å²) in [5, 5.41) is 11.7. The Hall–Kier alpha value is -1.43. The van der Waals surface area contributed by atoms with Crippen LogP contribution in [0.4, 0.5) is 0 Å². The fourth-order valence-corrected chi connectivity index (χ4v) is 1.54. The summed E-state index contributed by atoms with van der Waals surface area (Å²) in [6.07, 6.45) is 1.73. The summed E-state index contributed by atoms with van der Waals surface area (Å²) in [5.74, 6) is -1.15. The molecule has 0 fully saturated rings. The van der Waals surface area contributed by atoms with E-state index in [2.05, 4.69) is 5.32 Å². The highest BCUT2D eigenvalue weighted by molar-refractivity contribution is 7.98. The zero-order valence-electron chi connectivity index (χ0n) is 9.02. The largest absolute Gasteiger partial charge is 0.481 e. The van der Waals surface area contributed by atoms with Crippen LogP contribution in [0, 0.1) is 0 Å². The Bertz CT molecular complexity index is 388. The Kier molecular flexibility index (Phi) is 4.42. The fourth-order valence-electron chi connectivity index (χ4n) is 1.16. The number of amides is 1. The lowest BCUT2D eigenvalue weighted by Gasteiger charge is -2.09. The number of carboxylic acid groups (broad SMARTS) is 1. The number of hydrogen-bond acceptors (Lipinski definition) is 4. The van der Waals surface area contributed by atoms with E-state index < -0.39 is 17.9 Å². The van der Waals surface area contributed by atoms with E-state index >= 15 is 0 Å². The molecule has 16 heavy (non-hydrogen) atoms. The topological polar surface area (TPSA) is 79.5 Å². The summed E-state index contributed by atoms with van der Waals surface area (Å²) in [5.41, 5.74) is 0. The minimum atomic E-state index is -0.947. The monoisotopic (exact) mass is 243 g/mol. The van der Waals surface area contributed by atoms with Gasteiger partial charge in [-0.2, -0.15) is 0 Å². The number of hydrogen-bond donors (Lipinski definition) is 2. The highest BCUT2D eigenvalue weighted by Gasteiger charge is 2.15. The zero-order chi connectivity index (χ0) is 12.1. The van der Waals surface area contributed by atoms with Gasteiger partial charge < -0.3 is 14.8 Å². The maximum absolute atomic E-state index is 11.6. The molecular weight excluding hydrogens is 230 g/mol. The lowest BCUT2D eigenvalue weighted by atomic mass is 10.2. The Labute approximate surface area is 97.2 Å². The first-order valence-corrected chi connectivity index (χ1v) is 5.92. The first kappa shape index (κ1) is 12.6. The summed E-state index contributed by atoms with van der Waals surface area (Å²) in [7, 11) is 0. The maximum atomic E-state index is 11.6. The van der Waals surface area contributed by atoms with Gasteiger partial charge in [-0.05, 0) is 25.3 Å². The van der Waals surface area contributed by atoms with Crippen molar-refractivity contribution in [1.29, 1.82) is 0 Å². The number of nitrogens with one attached hydrogen (secondary N) is 1. The van der Waals surface area contributed by atoms with Crippen LogP contribution in [0.5, 0.6) is 0 Å². The first-order chi connectivity index (χ1) is 7.52. The molecule has 6 heteroatoms. The molecule has 1 aromatic rings. The molecule has 0 saturated heterocycles. The van der Waals surface area contributed by atoms with Gasteiger partial charge in [0.1, 0.15) is 0 Å². The first-order valence-electron chi connectivity index (χ1n) is 4.69. The van der Waals surface area contributed by atoms with Crippen molar-refractivity contribution in [1.82, 2.24) is 5.32 Å². The number of rotatable bonds is 5. The third-order valence-electron chi connectivity index (χ3n) is 1.86. The van der Waals surface area contributed by atoms with E-state index in [1.54, 1.807) is 19.1 Å². The molecule has 1 rings (SSSR count). The molecule has 1 unspecified atom stereocenters. The summed E-state index contributed by atoms with van der Waals surface area (Å²) in [4.78, 5) is 22.0. The van der Waals surface area contributed by atoms with Crippen LogP contribution in [0.3, 0.4) is 0 Å². The molecule has 1 heterocycles. The normalized spacial score (nSPS) is 12.1. The lowest BCUT2D eigenvalue weighted by Crippen LogP contribution is -2.33. The molecule has 2 N–H and O–H groups in total. The van der Waals surface area contributed by atoms with Crippen molar-refractivity contribution in [3.63, 3.8) is 0 Å². The minimum absolute atomic E-state index is 0.109. The Morgan fingerprint density at radius 2 is 2.25 bits per heavy atom. The second-order valence-corrected chi connectivity index (χ2v) is 4.11. The van der Waals surface area contributed by atoms with Crippen LogP contribution < -0.4 is 5.32 Å². The van der Waals surface area contributed by atoms with Crippen molar-refractivity contribution < 1.29 is 19.1 Å². The highest BCUT2D eigenvalue weighted by Crippen LogP contribution is 2.17. The van der Waals surface area contributed by atoms with E-state index in [0.29, 0.717) is 5.09 Å². The van der Waals surface area contributed by atoms with Gasteiger partial charge in [0.15, 0.2) is 10.9 Å². The molecule has 0 aliphatic carbocycles. The quantitative estimate of drug-likeness (QED) is 0.768. The standard InChI is InChI=1S/C10H13NO4S/c1-6(5-8(12)13)11-10(14)7-3-4-9(15-7)16-2/h3-4,6H,5H2,1-2H3,(H,11,14)(H,12,13). The van der Waals surface area contributed by atoms with Crippen molar-refractivity contribution in [2.45, 2.75) is 24.5 Å². The van der Waals surface area contributed by atoms with Gasteiger partial charge in [0.2, 0.25) is 0 Å². The molecule has 0 aromatic carbocycles. The molecule has 88 valence electrons. The second-order valence-electron chi connectivity index (χ2n) is 3.30. The van der Waals surface area contributed by atoms with Gasteiger partial charge in [0.05, 0.1) is 6.42 Å². The highest BCUT2D eigenvalue weighted by atomic mass is 32.2. The number of furan rings is 1. The fraction of sp³-hybridized carbons (Fsp3) is 0.400. The van der Waals surface area contributed by atoms with Gasteiger partial charge in [0, 0.05) is 6.04 Å². The molecule has 5 nitrogen and oxygen atoms in total. The Morgan fingerprint density at radius 1 is 1.56 bits per heavy atom. The predicted molar refractivity (Wildman–Crippen MR) is 59.7 cm³/mol. The van der Waals surface area contributed by atoms with Crippen molar-refractivity contribution in [2.24, 2.45) is 0 Å². The number of carbonyl (C=O) groups excluding carboxylic acids is 1. The second kappa shape index (κ2) is 5.60. The number of carbonyl (C=O) groups is 2. The molecule has 1 aromatic heterocycles. The van der Waals surface area contributed by atoms with Crippen molar-refractivity contribution in [3.8, 4) is 0 Å². The molecule has 0 spiro atoms. The van der Waals surface area contributed by atoms with Crippen LogP contribution in [0.2, 0.25) is 0 Å². The van der Waals surface area contributed by atoms with Crippen LogP contribution in [0.1, 0.15) is 23.9 Å². The van der Waals surface area contributed by atoms with Crippen LogP contribution in [0.15, 0.2) is 21.6 Å². The summed E-state index contributed by atoms with van der Waals surface area (Å²) < 4.78 is 5.20. The molecule has 0 radical (unpaired) electrons. The van der Waals surface area contributed by atoms with E-state index in [1.165, 1.54) is 11.8 Å². The third-order valence-corrected chi connectivity index (χ3v) is 2.49. The van der Waals surface area contributed by atoms with Gasteiger partial charge in [-0.15, -0.1) is 0 Å². The van der Waals surface area contributed by atoms with Crippen molar-refractivity contribution in [3.05, 3.63) is 17.9 Å². The number of thioether (sulfide) groups is 1. The van der Waals surface area contributed by atoms with E-state index in [9.17, 15) is 9.59 Å². The van der Waals surface area contributed by atoms with E-state index in [0.717, 1.165) is 0 Å². The van der Waals surface area contributed by atoms with Gasteiger partial charge in [0.25, 0.3) is 5.91 Å². The average Bonchev–Trinajstić information content (AvgIpc) is 2.64. The lowest BCUT2D eigenvalue weighted by molar-refractivity contribution is -0.137. The van der Waals surface area contributed by atoms with Crippen molar-refractivity contribution in [2.75, 3.05) is 6.26 Å². The van der Waals surface area contributed by atoms with Gasteiger partial charge >= 0.3 is 5.97 Å². The minimum Gasteiger partial charge on any atom is -0.481 e. The molecule has 0 bridgehead atoms. The molecule has 1 amide bonds. The SMILES string of the molecule is CSc1ccc(C(=O)NC(C)CC(=O)O)o1. The smallest absolute Gasteiger partial charge is 0.305 e. The van der Waals surface area contributed by atoms with Gasteiger partial charge in [-0.3, -0.25) is 9.59 Å². The molecule has 0 aliphatic heterocycles. The third kappa shape index (κ3) is 3.62. The summed E-state index contributed by atoms with van der Waals surface area (Å²) in [6, 6.07) is 2.84. The van der Waals surface area contributed by atoms with E-state index in [1.807, 2.05) is 6.26 Å². The summed E-state index contributed by atoms with van der Waals surface area (Å²) in [6.45, 7) is 1.63. The average molecular weight is 243 g/mol. The number of aliphatic carboxylic acids is 1. The summed E-state index contributed by atoms with van der Waals surface area (Å²) >= 11 is 1.40. The maximum Gasteiger partial charge on any atom is 0.305 e. The van der Waals surface area contributed by atoms with E-state index in [-0.39, 0.29) is 12.2 Å². The van der Waals surface area contributed by atoms with Crippen LogP contribution in [-0.4, -0.2) is 29.3 Å². The Morgan fingerprint density at radius 3 is 2.75 bits per heavy atom. The Balaban J connectivity index is 2.54. The number of carboxylic acids is 1. The molecule has 0 aliphatic rings. The van der Waals surface area contributed by atoms with E-state index in [4.69, 9.17) is 9.52 Å².